The van der Waals surface area contributed by atoms with Crippen molar-refractivity contribution in [2.75, 3.05) is 6.61 Å². The molecule has 84 valence electrons. The molecule has 0 radical (unpaired) electrons. The average Bonchev–Trinajstić information content (AvgIpc) is 2.86. The summed E-state index contributed by atoms with van der Waals surface area (Å²) < 4.78 is 9.55. The minimum Gasteiger partial charge on any atom is -0.363 e. The number of aryl methyl sites for hydroxylation is 1. The molecule has 1 atom stereocenters. The summed E-state index contributed by atoms with van der Waals surface area (Å²) in [6, 6.07) is 8.55. The third kappa shape index (κ3) is 1.39. The molecule has 1 aromatic carbocycles. The van der Waals surface area contributed by atoms with Gasteiger partial charge in [-0.3, -0.25) is 0 Å². The molecule has 0 N–H and O–H groups in total. The molecule has 3 heteroatoms. The number of hydrogen-bond donors (Lipinski definition) is 0. The Hall–Kier alpha value is -0.930. The lowest BCUT2D eigenvalue weighted by molar-refractivity contribution is -0.655. The Balaban J connectivity index is 2.20. The molecular weight excluding hydrogens is 218 g/mol. The summed E-state index contributed by atoms with van der Waals surface area (Å²) in [5.74, 6) is 0. The fourth-order valence-electron chi connectivity index (χ4n) is 2.51. The fourth-order valence-corrected chi connectivity index (χ4v) is 3.79. The summed E-state index contributed by atoms with van der Waals surface area (Å²) in [6.07, 6.45) is 2.30. The summed E-state index contributed by atoms with van der Waals surface area (Å²) >= 11 is 1.86. The first-order chi connectivity index (χ1) is 7.71. The van der Waals surface area contributed by atoms with E-state index >= 15 is 0 Å². The number of ether oxygens (including phenoxy) is 1. The number of benzene rings is 1. The van der Waals surface area contributed by atoms with Crippen LogP contribution in [-0.4, -0.2) is 6.61 Å². The van der Waals surface area contributed by atoms with Gasteiger partial charge >= 0.3 is 0 Å². The Morgan fingerprint density at radius 3 is 2.88 bits per heavy atom. The highest BCUT2D eigenvalue weighted by molar-refractivity contribution is 7.18. The summed E-state index contributed by atoms with van der Waals surface area (Å²) in [5, 5.41) is 1.34. The second-order valence-electron chi connectivity index (χ2n) is 4.62. The van der Waals surface area contributed by atoms with Gasteiger partial charge in [-0.05, 0) is 25.8 Å². The van der Waals surface area contributed by atoms with Gasteiger partial charge in [0.05, 0.1) is 0 Å². The Bertz CT molecular complexity index is 526. The first kappa shape index (κ1) is 10.2. The zero-order valence-electron chi connectivity index (χ0n) is 9.69. The lowest BCUT2D eigenvalue weighted by Gasteiger charge is -2.16. The molecule has 0 saturated carbocycles. The molecule has 0 amide bonds. The minimum absolute atomic E-state index is 0.0710. The normalized spacial score (nSPS) is 25.4. The molecule has 1 saturated heterocycles. The molecule has 1 aromatic heterocycles. The largest absolute Gasteiger partial charge is 0.363 e. The highest BCUT2D eigenvalue weighted by Gasteiger charge is 2.41. The first-order valence-electron chi connectivity index (χ1n) is 5.73. The van der Waals surface area contributed by atoms with Gasteiger partial charge in [0, 0.05) is 12.7 Å². The number of fused-ring (bicyclic) bond motifs is 1. The van der Waals surface area contributed by atoms with Crippen LogP contribution in [0.3, 0.4) is 0 Å². The number of hydrogen-bond acceptors (Lipinski definition) is 2. The van der Waals surface area contributed by atoms with Gasteiger partial charge in [-0.15, -0.1) is 0 Å². The quantitative estimate of drug-likeness (QED) is 0.692. The molecule has 2 aromatic rings. The van der Waals surface area contributed by atoms with Crippen LogP contribution in [0.25, 0.3) is 10.2 Å². The zero-order valence-corrected chi connectivity index (χ0v) is 10.5. The Kier molecular flexibility index (Phi) is 2.26. The molecule has 0 unspecified atom stereocenters. The molecule has 0 bridgehead atoms. The van der Waals surface area contributed by atoms with Gasteiger partial charge in [0.1, 0.15) is 11.7 Å². The molecule has 1 aliphatic rings. The minimum atomic E-state index is -0.0710. The highest BCUT2D eigenvalue weighted by atomic mass is 32.1. The van der Waals surface area contributed by atoms with E-state index in [1.54, 1.807) is 0 Å². The van der Waals surface area contributed by atoms with E-state index in [0.717, 1.165) is 13.0 Å². The molecule has 1 fully saturated rings. The summed E-state index contributed by atoms with van der Waals surface area (Å²) in [7, 11) is 2.14. The van der Waals surface area contributed by atoms with Gasteiger partial charge in [0.15, 0.2) is 5.60 Å². The van der Waals surface area contributed by atoms with Crippen LogP contribution in [0, 0.1) is 0 Å². The number of nitrogens with zero attached hydrogens (tertiary/aromatic N) is 1. The Labute approximate surface area is 99.5 Å². The maximum absolute atomic E-state index is 5.93. The van der Waals surface area contributed by atoms with Crippen LogP contribution in [0.1, 0.15) is 24.8 Å². The second kappa shape index (κ2) is 3.54. The number of thiazole rings is 1. The van der Waals surface area contributed by atoms with Crippen LogP contribution in [0.4, 0.5) is 0 Å². The standard InChI is InChI=1S/C13H16NOS/c1-13(8-5-9-15-13)12-14(2)10-6-3-4-7-11(10)16-12/h3-4,6-7H,5,8-9H2,1-2H3/q+1/t13-/m1/s1. The van der Waals surface area contributed by atoms with E-state index in [1.165, 1.54) is 21.6 Å². The smallest absolute Gasteiger partial charge is 0.270 e. The molecule has 2 nitrogen and oxygen atoms in total. The van der Waals surface area contributed by atoms with E-state index in [4.69, 9.17) is 4.74 Å². The third-order valence-corrected chi connectivity index (χ3v) is 4.87. The SMILES string of the molecule is C[n+]1c([C@@]2(C)CCCO2)sc2ccccc21. The summed E-state index contributed by atoms with van der Waals surface area (Å²) in [6.45, 7) is 3.11. The van der Waals surface area contributed by atoms with Crippen molar-refractivity contribution in [3.8, 4) is 0 Å². The lowest BCUT2D eigenvalue weighted by atomic mass is 10.0. The van der Waals surface area contributed by atoms with Crippen molar-refractivity contribution < 1.29 is 9.30 Å². The molecule has 2 heterocycles. The van der Waals surface area contributed by atoms with Crippen LogP contribution < -0.4 is 4.57 Å². The van der Waals surface area contributed by atoms with Crippen LogP contribution in [-0.2, 0) is 17.4 Å². The van der Waals surface area contributed by atoms with E-state index in [0.29, 0.717) is 0 Å². The van der Waals surface area contributed by atoms with Gasteiger partial charge in [-0.1, -0.05) is 23.5 Å². The second-order valence-corrected chi connectivity index (χ2v) is 5.65. The van der Waals surface area contributed by atoms with Crippen molar-refractivity contribution in [3.63, 3.8) is 0 Å². The first-order valence-corrected chi connectivity index (χ1v) is 6.54. The van der Waals surface area contributed by atoms with Crippen LogP contribution in [0.15, 0.2) is 24.3 Å². The molecule has 0 spiro atoms. The van der Waals surface area contributed by atoms with Gasteiger partial charge in [-0.2, -0.15) is 4.57 Å². The van der Waals surface area contributed by atoms with E-state index in [2.05, 4.69) is 42.8 Å². The fraction of sp³-hybridized carbons (Fsp3) is 0.462. The predicted octanol–water partition coefficient (Wildman–Crippen LogP) is 2.75. The van der Waals surface area contributed by atoms with Crippen molar-refractivity contribution in [2.24, 2.45) is 7.05 Å². The highest BCUT2D eigenvalue weighted by Crippen LogP contribution is 2.38. The van der Waals surface area contributed by atoms with Gasteiger partial charge in [0.2, 0.25) is 5.52 Å². The number of rotatable bonds is 1. The molecule has 3 rings (SSSR count). The summed E-state index contributed by atoms with van der Waals surface area (Å²) in [5.41, 5.74) is 1.23. The maximum Gasteiger partial charge on any atom is 0.270 e. The average molecular weight is 234 g/mol. The summed E-state index contributed by atoms with van der Waals surface area (Å²) in [4.78, 5) is 0. The van der Waals surface area contributed by atoms with E-state index in [9.17, 15) is 0 Å². The third-order valence-electron chi connectivity index (χ3n) is 3.41. The maximum atomic E-state index is 5.93. The monoisotopic (exact) mass is 234 g/mol. The molecule has 1 aliphatic heterocycles. The van der Waals surface area contributed by atoms with Crippen molar-refractivity contribution >= 4 is 21.6 Å². The van der Waals surface area contributed by atoms with Gasteiger partial charge in [0.25, 0.3) is 5.01 Å². The van der Waals surface area contributed by atoms with Crippen LogP contribution in [0.5, 0.6) is 0 Å². The van der Waals surface area contributed by atoms with Crippen LogP contribution in [0.2, 0.25) is 0 Å². The van der Waals surface area contributed by atoms with E-state index in [-0.39, 0.29) is 5.60 Å². The van der Waals surface area contributed by atoms with Crippen molar-refractivity contribution in [2.45, 2.75) is 25.4 Å². The zero-order chi connectivity index (χ0) is 11.2. The predicted molar refractivity (Wildman–Crippen MR) is 65.5 cm³/mol. The molecule has 0 aliphatic carbocycles. The van der Waals surface area contributed by atoms with Crippen molar-refractivity contribution in [1.82, 2.24) is 0 Å². The number of aromatic nitrogens is 1. The van der Waals surface area contributed by atoms with E-state index in [1.807, 2.05) is 11.3 Å². The Morgan fingerprint density at radius 1 is 1.38 bits per heavy atom. The molecule has 16 heavy (non-hydrogen) atoms. The van der Waals surface area contributed by atoms with Crippen molar-refractivity contribution in [1.29, 1.82) is 0 Å². The van der Waals surface area contributed by atoms with Gasteiger partial charge < -0.3 is 4.74 Å². The molecular formula is C13H16NOS+. The lowest BCUT2D eigenvalue weighted by Crippen LogP contribution is -2.39. The van der Waals surface area contributed by atoms with Gasteiger partial charge in [-0.25, -0.2) is 0 Å². The van der Waals surface area contributed by atoms with Crippen molar-refractivity contribution in [3.05, 3.63) is 29.3 Å². The topological polar surface area (TPSA) is 13.1 Å². The van der Waals surface area contributed by atoms with Crippen LogP contribution >= 0.6 is 11.3 Å². The number of para-hydroxylation sites is 1. The Morgan fingerprint density at radius 2 is 2.19 bits per heavy atom. The van der Waals surface area contributed by atoms with E-state index < -0.39 is 0 Å².